The van der Waals surface area contributed by atoms with Crippen LogP contribution in [0.25, 0.3) is 0 Å². The molecule has 2 rings (SSSR count). The van der Waals surface area contributed by atoms with Gasteiger partial charge >= 0.3 is 17.9 Å². The molecular weight excluding hydrogens is 367 g/mol. The SMILES string of the molecule is O=C(CSc1n[nH]c(=O)n1C[C@@H]1CCCO1)NC(=O)NCC(F)(F)F. The molecule has 0 bridgehead atoms. The Morgan fingerprint density at radius 3 is 2.84 bits per heavy atom. The van der Waals surface area contributed by atoms with Gasteiger partial charge in [0, 0.05) is 6.61 Å². The first kappa shape index (κ1) is 19.3. The first-order valence-corrected chi connectivity index (χ1v) is 8.27. The first-order chi connectivity index (χ1) is 11.7. The maximum absolute atomic E-state index is 12.0. The number of halogens is 3. The number of carbonyl (C=O) groups excluding carboxylic acids is 2. The second-order valence-corrected chi connectivity index (χ2v) is 6.13. The van der Waals surface area contributed by atoms with Crippen LogP contribution >= 0.6 is 11.8 Å². The molecule has 3 amide bonds. The van der Waals surface area contributed by atoms with Crippen LogP contribution in [0.2, 0.25) is 0 Å². The Balaban J connectivity index is 1.81. The van der Waals surface area contributed by atoms with Crippen molar-refractivity contribution in [2.45, 2.75) is 36.8 Å². The second kappa shape index (κ2) is 8.38. The molecule has 0 saturated carbocycles. The van der Waals surface area contributed by atoms with Gasteiger partial charge in [-0.25, -0.2) is 14.7 Å². The Morgan fingerprint density at radius 2 is 2.20 bits per heavy atom. The van der Waals surface area contributed by atoms with E-state index in [9.17, 15) is 27.6 Å². The van der Waals surface area contributed by atoms with Crippen LogP contribution in [-0.2, 0) is 16.1 Å². The number of H-pyrrole nitrogens is 1. The normalized spacial score (nSPS) is 17.5. The number of nitrogens with zero attached hydrogens (tertiary/aromatic N) is 2. The van der Waals surface area contributed by atoms with E-state index in [2.05, 4.69) is 10.2 Å². The quantitative estimate of drug-likeness (QED) is 0.606. The summed E-state index contributed by atoms with van der Waals surface area (Å²) in [5, 5.41) is 9.55. The van der Waals surface area contributed by atoms with Crippen molar-refractivity contribution in [2.24, 2.45) is 0 Å². The smallest absolute Gasteiger partial charge is 0.376 e. The first-order valence-electron chi connectivity index (χ1n) is 7.28. The molecule has 1 aliphatic heterocycles. The Morgan fingerprint density at radius 1 is 1.44 bits per heavy atom. The summed E-state index contributed by atoms with van der Waals surface area (Å²) in [4.78, 5) is 34.5. The van der Waals surface area contributed by atoms with Gasteiger partial charge in [0.15, 0.2) is 5.16 Å². The lowest BCUT2D eigenvalue weighted by atomic mass is 10.2. The van der Waals surface area contributed by atoms with Gasteiger partial charge in [-0.05, 0) is 12.8 Å². The molecule has 1 aromatic rings. The third-order valence-electron chi connectivity index (χ3n) is 3.17. The van der Waals surface area contributed by atoms with Crippen LogP contribution < -0.4 is 16.3 Å². The summed E-state index contributed by atoms with van der Waals surface area (Å²) in [5.41, 5.74) is -0.457. The molecule has 1 atom stereocenters. The molecule has 1 saturated heterocycles. The van der Waals surface area contributed by atoms with E-state index in [1.165, 1.54) is 9.88 Å². The largest absolute Gasteiger partial charge is 0.405 e. The van der Waals surface area contributed by atoms with Gasteiger partial charge in [-0.15, -0.1) is 5.10 Å². The maximum atomic E-state index is 12.0. The number of nitrogens with one attached hydrogen (secondary N) is 3. The van der Waals surface area contributed by atoms with E-state index < -0.39 is 30.3 Å². The van der Waals surface area contributed by atoms with Crippen molar-refractivity contribution < 1.29 is 27.5 Å². The molecule has 1 aliphatic rings. The zero-order valence-corrected chi connectivity index (χ0v) is 13.7. The molecule has 1 fully saturated rings. The Bertz CT molecular complexity index is 668. The summed E-state index contributed by atoms with van der Waals surface area (Å²) in [6, 6.07) is -1.25. The summed E-state index contributed by atoms with van der Waals surface area (Å²) >= 11 is 0.876. The van der Waals surface area contributed by atoms with Crippen molar-refractivity contribution in [3.8, 4) is 0 Å². The van der Waals surface area contributed by atoms with E-state index in [-0.39, 0.29) is 23.6 Å². The number of urea groups is 1. The zero-order valence-electron chi connectivity index (χ0n) is 12.9. The Labute approximate surface area is 143 Å². The van der Waals surface area contributed by atoms with Crippen LogP contribution in [0.4, 0.5) is 18.0 Å². The zero-order chi connectivity index (χ0) is 18.4. The van der Waals surface area contributed by atoms with Gasteiger partial charge in [0.05, 0.1) is 18.4 Å². The van der Waals surface area contributed by atoms with Crippen molar-refractivity contribution in [2.75, 3.05) is 18.9 Å². The highest BCUT2D eigenvalue weighted by molar-refractivity contribution is 7.99. The lowest BCUT2D eigenvalue weighted by Crippen LogP contribution is -2.44. The van der Waals surface area contributed by atoms with Crippen LogP contribution in [0.3, 0.4) is 0 Å². The number of hydrogen-bond acceptors (Lipinski definition) is 6. The van der Waals surface area contributed by atoms with Gasteiger partial charge < -0.3 is 10.1 Å². The standard InChI is InChI=1S/C12H16F3N5O4S/c13-12(14,15)6-16-9(22)17-8(21)5-25-11-19-18-10(23)20(11)4-7-2-1-3-24-7/h7H,1-6H2,(H,18,23)(H2,16,17,21,22)/t7-/m0/s1. The summed E-state index contributed by atoms with van der Waals surface area (Å²) in [6.45, 7) is -0.639. The number of thioether (sulfide) groups is 1. The number of aromatic amines is 1. The van der Waals surface area contributed by atoms with Crippen molar-refractivity contribution in [3.05, 3.63) is 10.5 Å². The molecule has 1 aromatic heterocycles. The predicted molar refractivity (Wildman–Crippen MR) is 80.1 cm³/mol. The van der Waals surface area contributed by atoms with Crippen LogP contribution in [0.15, 0.2) is 9.95 Å². The number of aromatic nitrogens is 3. The summed E-state index contributed by atoms with van der Waals surface area (Å²) in [6.07, 6.45) is -2.98. The molecule has 13 heteroatoms. The number of ether oxygens (including phenoxy) is 1. The van der Waals surface area contributed by atoms with Crippen LogP contribution in [-0.4, -0.2) is 57.9 Å². The molecule has 0 radical (unpaired) electrons. The molecule has 25 heavy (non-hydrogen) atoms. The minimum absolute atomic E-state index is 0.114. The molecule has 0 aliphatic carbocycles. The van der Waals surface area contributed by atoms with E-state index >= 15 is 0 Å². The van der Waals surface area contributed by atoms with E-state index in [0.29, 0.717) is 6.61 Å². The Kier molecular flexibility index (Phi) is 6.47. The van der Waals surface area contributed by atoms with E-state index in [4.69, 9.17) is 4.74 Å². The number of amides is 3. The van der Waals surface area contributed by atoms with Crippen LogP contribution in [0, 0.1) is 0 Å². The second-order valence-electron chi connectivity index (χ2n) is 5.19. The molecular formula is C12H16F3N5O4S. The summed E-state index contributed by atoms with van der Waals surface area (Å²) < 4.78 is 42.6. The topological polar surface area (TPSA) is 118 Å². The van der Waals surface area contributed by atoms with Gasteiger partial charge in [-0.2, -0.15) is 13.2 Å². The molecule has 9 nitrogen and oxygen atoms in total. The van der Waals surface area contributed by atoms with Gasteiger partial charge in [0.2, 0.25) is 5.91 Å². The number of hydrogen-bond donors (Lipinski definition) is 3. The van der Waals surface area contributed by atoms with E-state index in [1.807, 2.05) is 0 Å². The Hall–Kier alpha value is -2.02. The highest BCUT2D eigenvalue weighted by Gasteiger charge is 2.28. The highest BCUT2D eigenvalue weighted by Crippen LogP contribution is 2.17. The van der Waals surface area contributed by atoms with Gasteiger partial charge in [-0.3, -0.25) is 14.7 Å². The summed E-state index contributed by atoms with van der Waals surface area (Å²) in [7, 11) is 0. The number of carbonyl (C=O) groups is 2. The highest BCUT2D eigenvalue weighted by atomic mass is 32.2. The average Bonchev–Trinajstić information content (AvgIpc) is 3.14. The fourth-order valence-corrected chi connectivity index (χ4v) is 2.84. The average molecular weight is 383 g/mol. The molecule has 2 heterocycles. The van der Waals surface area contributed by atoms with Crippen molar-refractivity contribution >= 4 is 23.7 Å². The van der Waals surface area contributed by atoms with Crippen molar-refractivity contribution in [1.82, 2.24) is 25.4 Å². The van der Waals surface area contributed by atoms with Gasteiger partial charge in [0.1, 0.15) is 6.54 Å². The minimum atomic E-state index is -4.57. The van der Waals surface area contributed by atoms with Crippen molar-refractivity contribution in [1.29, 1.82) is 0 Å². The number of rotatable bonds is 6. The van der Waals surface area contributed by atoms with Crippen molar-refractivity contribution in [3.63, 3.8) is 0 Å². The molecule has 140 valence electrons. The monoisotopic (exact) mass is 383 g/mol. The predicted octanol–water partition coefficient (Wildman–Crippen LogP) is 0.231. The lowest BCUT2D eigenvalue weighted by molar-refractivity contribution is -0.124. The number of alkyl halides is 3. The molecule has 0 spiro atoms. The number of imide groups is 1. The molecule has 3 N–H and O–H groups in total. The van der Waals surface area contributed by atoms with E-state index in [1.54, 1.807) is 5.32 Å². The fourth-order valence-electron chi connectivity index (χ4n) is 2.08. The molecule has 0 aromatic carbocycles. The minimum Gasteiger partial charge on any atom is -0.376 e. The van der Waals surface area contributed by atoms with Crippen LogP contribution in [0.1, 0.15) is 12.8 Å². The summed E-state index contributed by atoms with van der Waals surface area (Å²) in [5.74, 6) is -1.11. The third kappa shape index (κ3) is 6.42. The van der Waals surface area contributed by atoms with E-state index in [0.717, 1.165) is 24.6 Å². The third-order valence-corrected chi connectivity index (χ3v) is 4.14. The molecule has 0 unspecified atom stereocenters. The maximum Gasteiger partial charge on any atom is 0.405 e. The van der Waals surface area contributed by atoms with Gasteiger partial charge in [-0.1, -0.05) is 11.8 Å². The van der Waals surface area contributed by atoms with Gasteiger partial charge in [0.25, 0.3) is 0 Å². The van der Waals surface area contributed by atoms with Crippen LogP contribution in [0.5, 0.6) is 0 Å². The fraction of sp³-hybridized carbons (Fsp3) is 0.667. The lowest BCUT2D eigenvalue weighted by Gasteiger charge is -2.11.